The number of carbonyl (C=O) groups excluding carboxylic acids is 1. The first-order valence-corrected chi connectivity index (χ1v) is 6.20. The average Bonchev–Trinajstić information content (AvgIpc) is 2.20. The fourth-order valence-corrected chi connectivity index (χ4v) is 2.03. The summed E-state index contributed by atoms with van der Waals surface area (Å²) in [5.41, 5.74) is 0.0274. The Morgan fingerprint density at radius 3 is 2.18 bits per heavy atom. The maximum absolute atomic E-state index is 11.6. The van der Waals surface area contributed by atoms with Gasteiger partial charge in [0, 0.05) is 5.57 Å². The highest BCUT2D eigenvalue weighted by atomic mass is 16.5. The molecule has 1 rings (SSSR count). The van der Waals surface area contributed by atoms with Crippen LogP contribution in [0.25, 0.3) is 0 Å². The van der Waals surface area contributed by atoms with Crippen LogP contribution in [0.4, 0.5) is 0 Å². The van der Waals surface area contributed by atoms with E-state index in [4.69, 9.17) is 9.84 Å². The van der Waals surface area contributed by atoms with Crippen LogP contribution in [0.5, 0.6) is 0 Å². The summed E-state index contributed by atoms with van der Waals surface area (Å²) >= 11 is 0. The van der Waals surface area contributed by atoms with Gasteiger partial charge in [0.25, 0.3) is 0 Å². The van der Waals surface area contributed by atoms with Crippen molar-refractivity contribution in [3.05, 3.63) is 12.2 Å². The molecule has 0 bridgehead atoms. The van der Waals surface area contributed by atoms with Crippen molar-refractivity contribution in [3.8, 4) is 0 Å². The number of hydrogen-bond acceptors (Lipinski definition) is 3. The van der Waals surface area contributed by atoms with Crippen LogP contribution in [-0.4, -0.2) is 23.1 Å². The van der Waals surface area contributed by atoms with Crippen LogP contribution in [0.15, 0.2) is 12.2 Å². The van der Waals surface area contributed by atoms with Crippen molar-refractivity contribution >= 4 is 11.9 Å². The SMILES string of the molecule is C=C(CC(=O)O)C(=O)OC1CCCCCCC1. The number of carbonyl (C=O) groups is 2. The smallest absolute Gasteiger partial charge is 0.334 e. The number of esters is 1. The highest BCUT2D eigenvalue weighted by Crippen LogP contribution is 2.20. The predicted octanol–water partition coefficient (Wildman–Crippen LogP) is 2.67. The molecule has 0 aromatic rings. The number of hydrogen-bond donors (Lipinski definition) is 1. The minimum atomic E-state index is -1.05. The van der Waals surface area contributed by atoms with Gasteiger partial charge in [0.05, 0.1) is 6.42 Å². The lowest BCUT2D eigenvalue weighted by Gasteiger charge is -2.20. The molecule has 0 aliphatic heterocycles. The zero-order chi connectivity index (χ0) is 12.7. The minimum Gasteiger partial charge on any atom is -0.481 e. The molecule has 0 atom stereocenters. The van der Waals surface area contributed by atoms with Gasteiger partial charge in [-0.25, -0.2) is 4.79 Å². The first kappa shape index (κ1) is 13.7. The van der Waals surface area contributed by atoms with E-state index in [9.17, 15) is 9.59 Å². The summed E-state index contributed by atoms with van der Waals surface area (Å²) in [7, 11) is 0. The van der Waals surface area contributed by atoms with Crippen molar-refractivity contribution < 1.29 is 19.4 Å². The Morgan fingerprint density at radius 1 is 1.12 bits per heavy atom. The second-order valence-electron chi connectivity index (χ2n) is 4.55. The van der Waals surface area contributed by atoms with E-state index in [0.717, 1.165) is 25.7 Å². The Labute approximate surface area is 102 Å². The zero-order valence-electron chi connectivity index (χ0n) is 10.1. The lowest BCUT2D eigenvalue weighted by molar-refractivity contribution is -0.147. The van der Waals surface area contributed by atoms with E-state index < -0.39 is 11.9 Å². The number of carboxylic acids is 1. The maximum Gasteiger partial charge on any atom is 0.334 e. The van der Waals surface area contributed by atoms with E-state index in [-0.39, 0.29) is 18.1 Å². The normalized spacial score (nSPS) is 17.9. The van der Waals surface area contributed by atoms with Gasteiger partial charge in [-0.3, -0.25) is 4.79 Å². The van der Waals surface area contributed by atoms with Crippen LogP contribution in [0.1, 0.15) is 51.4 Å². The average molecular weight is 240 g/mol. The molecule has 0 spiro atoms. The predicted molar refractivity (Wildman–Crippen MR) is 63.6 cm³/mol. The summed E-state index contributed by atoms with van der Waals surface area (Å²) in [6.45, 7) is 3.45. The highest BCUT2D eigenvalue weighted by molar-refractivity contribution is 5.92. The van der Waals surface area contributed by atoms with Crippen LogP contribution >= 0.6 is 0 Å². The van der Waals surface area contributed by atoms with E-state index in [0.29, 0.717) is 0 Å². The first-order chi connectivity index (χ1) is 8.09. The van der Waals surface area contributed by atoms with Gasteiger partial charge < -0.3 is 9.84 Å². The van der Waals surface area contributed by atoms with Crippen molar-refractivity contribution in [2.24, 2.45) is 0 Å². The number of carboxylic acid groups (broad SMARTS) is 1. The fraction of sp³-hybridized carbons (Fsp3) is 0.692. The fourth-order valence-electron chi connectivity index (χ4n) is 2.03. The largest absolute Gasteiger partial charge is 0.481 e. The molecule has 0 heterocycles. The molecule has 17 heavy (non-hydrogen) atoms. The van der Waals surface area contributed by atoms with Crippen LogP contribution in [0.2, 0.25) is 0 Å². The number of rotatable bonds is 4. The molecule has 4 heteroatoms. The van der Waals surface area contributed by atoms with Gasteiger partial charge in [0.1, 0.15) is 6.10 Å². The van der Waals surface area contributed by atoms with E-state index in [1.165, 1.54) is 19.3 Å². The van der Waals surface area contributed by atoms with Crippen LogP contribution in [0, 0.1) is 0 Å². The van der Waals surface area contributed by atoms with Gasteiger partial charge in [0.2, 0.25) is 0 Å². The molecule has 1 aliphatic carbocycles. The Kier molecular flexibility index (Phi) is 5.73. The molecular formula is C13H20O4. The number of aliphatic carboxylic acids is 1. The molecule has 0 unspecified atom stereocenters. The van der Waals surface area contributed by atoms with Crippen molar-refractivity contribution in [2.45, 2.75) is 57.5 Å². The number of ether oxygens (including phenoxy) is 1. The zero-order valence-corrected chi connectivity index (χ0v) is 10.1. The molecule has 1 fully saturated rings. The molecule has 0 radical (unpaired) electrons. The van der Waals surface area contributed by atoms with Gasteiger partial charge in [-0.15, -0.1) is 0 Å². The third-order valence-corrected chi connectivity index (χ3v) is 2.98. The monoisotopic (exact) mass is 240 g/mol. The molecule has 0 aromatic carbocycles. The first-order valence-electron chi connectivity index (χ1n) is 6.20. The molecular weight excluding hydrogens is 220 g/mol. The van der Waals surface area contributed by atoms with E-state index in [1.807, 2.05) is 0 Å². The molecule has 0 saturated heterocycles. The molecule has 1 N–H and O–H groups in total. The second kappa shape index (κ2) is 7.09. The van der Waals surface area contributed by atoms with Crippen LogP contribution in [0.3, 0.4) is 0 Å². The molecule has 0 amide bonds. The van der Waals surface area contributed by atoms with Crippen molar-refractivity contribution in [1.82, 2.24) is 0 Å². The summed E-state index contributed by atoms with van der Waals surface area (Å²) in [4.78, 5) is 22.0. The Morgan fingerprint density at radius 2 is 1.65 bits per heavy atom. The Bertz CT molecular complexity index is 288. The van der Waals surface area contributed by atoms with E-state index >= 15 is 0 Å². The van der Waals surface area contributed by atoms with Crippen LogP contribution in [-0.2, 0) is 14.3 Å². The standard InChI is InChI=1S/C13H20O4/c1-10(9-12(14)15)13(16)17-11-7-5-3-2-4-6-8-11/h11H,1-9H2,(H,14,15). The third kappa shape index (κ3) is 5.52. The van der Waals surface area contributed by atoms with Gasteiger partial charge in [0.15, 0.2) is 0 Å². The van der Waals surface area contributed by atoms with Crippen molar-refractivity contribution in [1.29, 1.82) is 0 Å². The van der Waals surface area contributed by atoms with Crippen molar-refractivity contribution in [2.75, 3.05) is 0 Å². The van der Waals surface area contributed by atoms with E-state index in [2.05, 4.69) is 6.58 Å². The lowest BCUT2D eigenvalue weighted by Crippen LogP contribution is -2.21. The Hall–Kier alpha value is -1.32. The van der Waals surface area contributed by atoms with Gasteiger partial charge in [-0.1, -0.05) is 25.8 Å². The van der Waals surface area contributed by atoms with Crippen molar-refractivity contribution in [3.63, 3.8) is 0 Å². The Balaban J connectivity index is 2.37. The van der Waals surface area contributed by atoms with Crippen LogP contribution < -0.4 is 0 Å². The molecule has 96 valence electrons. The lowest BCUT2D eigenvalue weighted by atomic mass is 9.98. The minimum absolute atomic E-state index is 0.0274. The second-order valence-corrected chi connectivity index (χ2v) is 4.55. The summed E-state index contributed by atoms with van der Waals surface area (Å²) < 4.78 is 5.29. The summed E-state index contributed by atoms with van der Waals surface area (Å²) in [6.07, 6.45) is 7.13. The highest BCUT2D eigenvalue weighted by Gasteiger charge is 2.19. The van der Waals surface area contributed by atoms with E-state index in [1.54, 1.807) is 0 Å². The van der Waals surface area contributed by atoms with Gasteiger partial charge >= 0.3 is 11.9 Å². The maximum atomic E-state index is 11.6. The topological polar surface area (TPSA) is 63.6 Å². The summed E-state index contributed by atoms with van der Waals surface area (Å²) in [5.74, 6) is -1.61. The molecule has 4 nitrogen and oxygen atoms in total. The summed E-state index contributed by atoms with van der Waals surface area (Å²) in [6, 6.07) is 0. The van der Waals surface area contributed by atoms with Gasteiger partial charge in [-0.05, 0) is 25.7 Å². The van der Waals surface area contributed by atoms with Gasteiger partial charge in [-0.2, -0.15) is 0 Å². The molecule has 0 aromatic heterocycles. The third-order valence-electron chi connectivity index (χ3n) is 2.98. The quantitative estimate of drug-likeness (QED) is 0.606. The molecule has 1 saturated carbocycles. The molecule has 1 aliphatic rings. The summed E-state index contributed by atoms with van der Waals surface area (Å²) in [5, 5.41) is 8.55.